The summed E-state index contributed by atoms with van der Waals surface area (Å²) in [6.07, 6.45) is 4.97. The van der Waals surface area contributed by atoms with Crippen LogP contribution in [-0.4, -0.2) is 28.7 Å². The molecule has 1 aromatic carbocycles. The number of benzene rings is 1. The molecule has 5 nitrogen and oxygen atoms in total. The number of likely N-dealkylation sites (tertiary alicyclic amines) is 1. The highest BCUT2D eigenvalue weighted by molar-refractivity contribution is 6.33. The Morgan fingerprint density at radius 3 is 2.33 bits per heavy atom. The van der Waals surface area contributed by atoms with Crippen molar-refractivity contribution >= 4 is 35.0 Å². The van der Waals surface area contributed by atoms with Crippen LogP contribution >= 0.6 is 11.6 Å². The number of amides is 3. The summed E-state index contributed by atoms with van der Waals surface area (Å²) in [7, 11) is 0. The van der Waals surface area contributed by atoms with E-state index in [0.29, 0.717) is 23.6 Å². The molecule has 1 saturated heterocycles. The van der Waals surface area contributed by atoms with E-state index < -0.39 is 11.9 Å². The Kier molecular flexibility index (Phi) is 4.45. The summed E-state index contributed by atoms with van der Waals surface area (Å²) in [5.74, 6) is -1.60. The van der Waals surface area contributed by atoms with Gasteiger partial charge in [-0.05, 0) is 44.4 Å². The Labute approximate surface area is 145 Å². The zero-order valence-electron chi connectivity index (χ0n) is 13.6. The zero-order valence-corrected chi connectivity index (χ0v) is 14.3. The number of allylic oxidation sites excluding steroid dienone is 2. The minimum absolute atomic E-state index is 0.257. The molecule has 1 aromatic rings. The number of rotatable bonds is 3. The molecular formula is C18H19ClN2O3. The van der Waals surface area contributed by atoms with Gasteiger partial charge in [-0.1, -0.05) is 29.8 Å². The maximum atomic E-state index is 12.5. The first-order chi connectivity index (χ1) is 11.4. The van der Waals surface area contributed by atoms with Crippen molar-refractivity contribution in [1.82, 2.24) is 4.90 Å². The van der Waals surface area contributed by atoms with E-state index >= 15 is 0 Å². The number of carbonyl (C=O) groups excluding carboxylic acids is 3. The minimum Gasteiger partial charge on any atom is -0.323 e. The van der Waals surface area contributed by atoms with Gasteiger partial charge in [0.25, 0.3) is 0 Å². The summed E-state index contributed by atoms with van der Waals surface area (Å²) >= 11 is 6.12. The van der Waals surface area contributed by atoms with Crippen LogP contribution in [0, 0.1) is 18.8 Å². The number of anilines is 1. The van der Waals surface area contributed by atoms with Crippen LogP contribution in [0.3, 0.4) is 0 Å². The fraction of sp³-hybridized carbons (Fsp3) is 0.389. The van der Waals surface area contributed by atoms with Gasteiger partial charge in [0.1, 0.15) is 6.04 Å². The van der Waals surface area contributed by atoms with E-state index in [9.17, 15) is 14.4 Å². The molecule has 3 atom stereocenters. The quantitative estimate of drug-likeness (QED) is 0.676. The molecule has 0 saturated carbocycles. The van der Waals surface area contributed by atoms with Crippen molar-refractivity contribution in [3.05, 3.63) is 40.9 Å². The Morgan fingerprint density at radius 1 is 1.21 bits per heavy atom. The van der Waals surface area contributed by atoms with Crippen LogP contribution in [-0.2, 0) is 14.4 Å². The molecule has 1 heterocycles. The van der Waals surface area contributed by atoms with Crippen LogP contribution in [0.25, 0.3) is 0 Å². The van der Waals surface area contributed by atoms with Crippen molar-refractivity contribution in [2.75, 3.05) is 5.32 Å². The van der Waals surface area contributed by atoms with E-state index in [1.165, 1.54) is 0 Å². The number of imide groups is 1. The van der Waals surface area contributed by atoms with Crippen LogP contribution in [0.15, 0.2) is 30.4 Å². The Bertz CT molecular complexity index is 718. The second kappa shape index (κ2) is 6.40. The van der Waals surface area contributed by atoms with Gasteiger partial charge in [0.2, 0.25) is 17.7 Å². The number of carbonyl (C=O) groups is 3. The number of hydrogen-bond acceptors (Lipinski definition) is 3. The molecule has 1 aliphatic carbocycles. The second-order valence-electron chi connectivity index (χ2n) is 6.35. The number of hydrogen-bond donors (Lipinski definition) is 1. The largest absolute Gasteiger partial charge is 0.323 e. The molecule has 126 valence electrons. The standard InChI is InChI=1S/C18H19ClN2O3/c1-10-7-8-15(14(19)9-10)20-16(22)11(2)21-17(23)12-5-3-4-6-13(12)18(21)24/h3-4,7-9,11-13H,5-6H2,1-2H3,(H,20,22)/t11-,12-,13-/m0/s1. The van der Waals surface area contributed by atoms with E-state index in [-0.39, 0.29) is 23.7 Å². The van der Waals surface area contributed by atoms with Crippen molar-refractivity contribution < 1.29 is 14.4 Å². The van der Waals surface area contributed by atoms with Gasteiger partial charge in [-0.15, -0.1) is 0 Å². The Balaban J connectivity index is 1.76. The van der Waals surface area contributed by atoms with Crippen LogP contribution < -0.4 is 5.32 Å². The number of nitrogens with zero attached hydrogens (tertiary/aromatic N) is 1. The number of halogens is 1. The van der Waals surface area contributed by atoms with E-state index in [2.05, 4.69) is 5.32 Å². The molecule has 1 aliphatic heterocycles. The third-order valence-electron chi connectivity index (χ3n) is 4.69. The number of aryl methyl sites for hydroxylation is 1. The van der Waals surface area contributed by atoms with Crippen molar-refractivity contribution in [1.29, 1.82) is 0 Å². The van der Waals surface area contributed by atoms with Gasteiger partial charge in [-0.3, -0.25) is 19.3 Å². The molecule has 0 aromatic heterocycles. The smallest absolute Gasteiger partial charge is 0.247 e. The summed E-state index contributed by atoms with van der Waals surface area (Å²) in [6, 6.07) is 4.42. The third-order valence-corrected chi connectivity index (χ3v) is 5.00. The lowest BCUT2D eigenvalue weighted by Gasteiger charge is -2.22. The molecule has 1 fully saturated rings. The Morgan fingerprint density at radius 2 is 1.79 bits per heavy atom. The minimum atomic E-state index is -0.868. The Hall–Kier alpha value is -2.14. The lowest BCUT2D eigenvalue weighted by molar-refractivity contribution is -0.146. The van der Waals surface area contributed by atoms with Crippen LogP contribution in [0.5, 0.6) is 0 Å². The molecule has 0 unspecified atom stereocenters. The van der Waals surface area contributed by atoms with Crippen molar-refractivity contribution in [3.63, 3.8) is 0 Å². The maximum absolute atomic E-state index is 12.5. The first-order valence-corrected chi connectivity index (χ1v) is 8.37. The highest BCUT2D eigenvalue weighted by Gasteiger charge is 2.50. The third kappa shape index (κ3) is 2.84. The van der Waals surface area contributed by atoms with E-state index in [4.69, 9.17) is 11.6 Å². The molecular weight excluding hydrogens is 328 g/mol. The summed E-state index contributed by atoms with van der Waals surface area (Å²) in [4.78, 5) is 38.7. The summed E-state index contributed by atoms with van der Waals surface area (Å²) in [5, 5.41) is 3.13. The monoisotopic (exact) mass is 346 g/mol. The van der Waals surface area contributed by atoms with Gasteiger partial charge in [0.05, 0.1) is 22.5 Å². The number of nitrogens with one attached hydrogen (secondary N) is 1. The molecule has 3 rings (SSSR count). The zero-order chi connectivity index (χ0) is 17.4. The molecule has 1 N–H and O–H groups in total. The average molecular weight is 347 g/mol. The molecule has 24 heavy (non-hydrogen) atoms. The second-order valence-corrected chi connectivity index (χ2v) is 6.76. The van der Waals surface area contributed by atoms with Crippen LogP contribution in [0.4, 0.5) is 5.69 Å². The first-order valence-electron chi connectivity index (χ1n) is 7.99. The average Bonchev–Trinajstić information content (AvgIpc) is 2.81. The molecule has 3 amide bonds. The first kappa shape index (κ1) is 16.7. The van der Waals surface area contributed by atoms with Gasteiger partial charge in [-0.25, -0.2) is 0 Å². The topological polar surface area (TPSA) is 66.5 Å². The van der Waals surface area contributed by atoms with Crippen molar-refractivity contribution in [2.24, 2.45) is 11.8 Å². The van der Waals surface area contributed by atoms with Gasteiger partial charge < -0.3 is 5.32 Å². The van der Waals surface area contributed by atoms with E-state index in [0.717, 1.165) is 10.5 Å². The molecule has 0 spiro atoms. The lowest BCUT2D eigenvalue weighted by atomic mass is 9.85. The summed E-state index contributed by atoms with van der Waals surface area (Å²) < 4.78 is 0. The maximum Gasteiger partial charge on any atom is 0.247 e. The number of fused-ring (bicyclic) bond motifs is 1. The molecule has 0 radical (unpaired) electrons. The fourth-order valence-electron chi connectivity index (χ4n) is 3.28. The highest BCUT2D eigenvalue weighted by atomic mass is 35.5. The molecule has 2 aliphatic rings. The predicted octanol–water partition coefficient (Wildman–Crippen LogP) is 2.93. The van der Waals surface area contributed by atoms with Gasteiger partial charge >= 0.3 is 0 Å². The van der Waals surface area contributed by atoms with Gasteiger partial charge in [0, 0.05) is 0 Å². The highest BCUT2D eigenvalue weighted by Crippen LogP contribution is 2.36. The van der Waals surface area contributed by atoms with Gasteiger partial charge in [0.15, 0.2) is 0 Å². The SMILES string of the molecule is Cc1ccc(NC(=O)[C@H](C)N2C(=O)[C@H]3CC=CC[C@@H]3C2=O)c(Cl)c1. The fourth-order valence-corrected chi connectivity index (χ4v) is 3.57. The van der Waals surface area contributed by atoms with E-state index in [1.807, 2.05) is 25.1 Å². The van der Waals surface area contributed by atoms with E-state index in [1.54, 1.807) is 19.1 Å². The summed E-state index contributed by atoms with van der Waals surface area (Å²) in [6.45, 7) is 3.47. The predicted molar refractivity (Wildman–Crippen MR) is 91.5 cm³/mol. The lowest BCUT2D eigenvalue weighted by Crippen LogP contribution is -2.46. The van der Waals surface area contributed by atoms with Crippen LogP contribution in [0.1, 0.15) is 25.3 Å². The normalized spacial score (nSPS) is 24.0. The van der Waals surface area contributed by atoms with Crippen LogP contribution in [0.2, 0.25) is 5.02 Å². The van der Waals surface area contributed by atoms with Gasteiger partial charge in [-0.2, -0.15) is 0 Å². The van der Waals surface area contributed by atoms with Crippen molar-refractivity contribution in [3.8, 4) is 0 Å². The van der Waals surface area contributed by atoms with Crippen molar-refractivity contribution in [2.45, 2.75) is 32.7 Å². The molecule has 0 bridgehead atoms. The molecule has 6 heteroatoms. The summed E-state index contributed by atoms with van der Waals surface area (Å²) in [5.41, 5.74) is 1.45.